The average molecular weight is 411 g/mol. The Labute approximate surface area is 141 Å². The molecule has 0 heterocycles. The van der Waals surface area contributed by atoms with E-state index in [-0.39, 0.29) is 17.9 Å². The third kappa shape index (κ3) is 4.45. The van der Waals surface area contributed by atoms with Crippen LogP contribution in [-0.4, -0.2) is 23.6 Å². The summed E-state index contributed by atoms with van der Waals surface area (Å²) in [5.74, 6) is -1.11. The van der Waals surface area contributed by atoms with Gasteiger partial charge in [-0.2, -0.15) is 0 Å². The quantitative estimate of drug-likeness (QED) is 0.599. The Hall–Kier alpha value is -2.09. The Morgan fingerprint density at radius 2 is 2.00 bits per heavy atom. The number of aryl methyl sites for hydroxylation is 1. The highest BCUT2D eigenvalue weighted by molar-refractivity contribution is 14.1. The number of hydrogen-bond donors (Lipinski definition) is 2. The lowest BCUT2D eigenvalue weighted by Gasteiger charge is -2.09. The summed E-state index contributed by atoms with van der Waals surface area (Å²) in [4.78, 5) is 23.6. The maximum atomic E-state index is 11.8. The summed E-state index contributed by atoms with van der Waals surface area (Å²) < 4.78 is 5.99. The molecule has 0 saturated heterocycles. The van der Waals surface area contributed by atoms with E-state index in [1.54, 1.807) is 6.07 Å². The van der Waals surface area contributed by atoms with Gasteiger partial charge >= 0.3 is 5.97 Å². The van der Waals surface area contributed by atoms with Gasteiger partial charge < -0.3 is 15.2 Å². The van der Waals surface area contributed by atoms with E-state index in [1.807, 2.05) is 19.1 Å². The van der Waals surface area contributed by atoms with Crippen LogP contribution in [-0.2, 0) is 9.53 Å². The van der Waals surface area contributed by atoms with E-state index in [4.69, 9.17) is 4.74 Å². The Balaban J connectivity index is 1.91. The topological polar surface area (TPSA) is 75.6 Å². The number of halogens is 1. The highest BCUT2D eigenvalue weighted by atomic mass is 127. The Bertz CT molecular complexity index is 715. The molecule has 1 amide bonds. The number of carbonyl (C=O) groups is 2. The van der Waals surface area contributed by atoms with Crippen LogP contribution in [0.2, 0.25) is 0 Å². The molecular weight excluding hydrogens is 397 g/mol. The molecule has 22 heavy (non-hydrogen) atoms. The molecule has 2 rings (SSSR count). The van der Waals surface area contributed by atoms with E-state index in [0.29, 0.717) is 5.69 Å². The first kappa shape index (κ1) is 16.3. The molecule has 0 aliphatic rings. The summed E-state index contributed by atoms with van der Waals surface area (Å²) in [6, 6.07) is 11.4. The van der Waals surface area contributed by atoms with Crippen molar-refractivity contribution in [3.63, 3.8) is 0 Å². The van der Waals surface area contributed by atoms with Gasteiger partial charge in [0.1, 0.15) is 5.75 Å². The molecule has 2 aromatic carbocycles. The molecule has 0 fully saturated rings. The number of nitrogens with one attached hydrogen (secondary N) is 1. The summed E-state index contributed by atoms with van der Waals surface area (Å²) in [7, 11) is 0. The third-order valence-corrected chi connectivity index (χ3v) is 3.55. The minimum Gasteiger partial charge on any atom is -0.508 e. The molecule has 2 aromatic rings. The van der Waals surface area contributed by atoms with E-state index < -0.39 is 11.9 Å². The van der Waals surface area contributed by atoms with Crippen LogP contribution in [0.1, 0.15) is 15.9 Å². The fraction of sp³-hybridized carbons (Fsp3) is 0.125. The van der Waals surface area contributed by atoms with E-state index in [9.17, 15) is 14.7 Å². The first-order valence-electron chi connectivity index (χ1n) is 6.48. The van der Waals surface area contributed by atoms with Crippen molar-refractivity contribution >= 4 is 40.2 Å². The van der Waals surface area contributed by atoms with Gasteiger partial charge in [0.05, 0.1) is 5.56 Å². The van der Waals surface area contributed by atoms with Crippen LogP contribution in [0.25, 0.3) is 0 Å². The molecule has 0 saturated carbocycles. The number of carbonyl (C=O) groups excluding carboxylic acids is 2. The van der Waals surface area contributed by atoms with Crippen molar-refractivity contribution < 1.29 is 19.4 Å². The van der Waals surface area contributed by atoms with E-state index >= 15 is 0 Å². The zero-order valence-corrected chi connectivity index (χ0v) is 14.0. The molecule has 0 aromatic heterocycles. The van der Waals surface area contributed by atoms with E-state index in [2.05, 4.69) is 27.9 Å². The summed E-state index contributed by atoms with van der Waals surface area (Å²) in [6.45, 7) is 1.50. The van der Waals surface area contributed by atoms with Gasteiger partial charge in [-0.15, -0.1) is 0 Å². The zero-order chi connectivity index (χ0) is 16.1. The zero-order valence-electron chi connectivity index (χ0n) is 11.8. The minimum absolute atomic E-state index is 0.0339. The highest BCUT2D eigenvalue weighted by Gasteiger charge is 2.11. The number of benzene rings is 2. The van der Waals surface area contributed by atoms with Crippen molar-refractivity contribution in [1.82, 2.24) is 0 Å². The standard InChI is InChI=1S/C16H14INO4/c1-10-7-12(17)5-6-14(10)18-15(20)9-22-16(21)11-3-2-4-13(19)8-11/h2-8,19H,9H2,1H3,(H,18,20). The van der Waals surface area contributed by atoms with Crippen LogP contribution in [0.5, 0.6) is 5.75 Å². The Kier molecular flexibility index (Phi) is 5.37. The number of rotatable bonds is 4. The minimum atomic E-state index is -0.662. The molecule has 0 unspecified atom stereocenters. The largest absolute Gasteiger partial charge is 0.508 e. The van der Waals surface area contributed by atoms with Crippen molar-refractivity contribution in [3.05, 3.63) is 57.2 Å². The number of ether oxygens (including phenoxy) is 1. The molecule has 0 aliphatic carbocycles. The fourth-order valence-electron chi connectivity index (χ4n) is 1.80. The lowest BCUT2D eigenvalue weighted by molar-refractivity contribution is -0.119. The van der Waals surface area contributed by atoms with Crippen LogP contribution in [0.3, 0.4) is 0 Å². The summed E-state index contributed by atoms with van der Waals surface area (Å²) in [6.07, 6.45) is 0. The first-order valence-corrected chi connectivity index (χ1v) is 7.56. The number of hydrogen-bond acceptors (Lipinski definition) is 4. The van der Waals surface area contributed by atoms with Crippen molar-refractivity contribution in [2.75, 3.05) is 11.9 Å². The molecule has 0 spiro atoms. The van der Waals surface area contributed by atoms with Gasteiger partial charge in [0, 0.05) is 9.26 Å². The third-order valence-electron chi connectivity index (χ3n) is 2.88. The molecule has 0 radical (unpaired) electrons. The van der Waals surface area contributed by atoms with Crippen molar-refractivity contribution in [3.8, 4) is 5.75 Å². The van der Waals surface area contributed by atoms with Gasteiger partial charge in [-0.1, -0.05) is 6.07 Å². The van der Waals surface area contributed by atoms with Crippen molar-refractivity contribution in [2.45, 2.75) is 6.92 Å². The second-order valence-corrected chi connectivity index (χ2v) is 5.88. The molecule has 114 valence electrons. The molecule has 6 heteroatoms. The van der Waals surface area contributed by atoms with Crippen LogP contribution >= 0.6 is 22.6 Å². The normalized spacial score (nSPS) is 10.1. The van der Waals surface area contributed by atoms with Crippen molar-refractivity contribution in [2.24, 2.45) is 0 Å². The SMILES string of the molecule is Cc1cc(I)ccc1NC(=O)COC(=O)c1cccc(O)c1. The van der Waals surface area contributed by atoms with E-state index in [0.717, 1.165) is 9.13 Å². The number of aromatic hydroxyl groups is 1. The lowest BCUT2D eigenvalue weighted by Crippen LogP contribution is -2.21. The summed E-state index contributed by atoms with van der Waals surface area (Å²) >= 11 is 2.19. The average Bonchev–Trinajstić information content (AvgIpc) is 2.47. The predicted octanol–water partition coefficient (Wildman–Crippen LogP) is 3.10. The molecule has 2 N–H and O–H groups in total. The number of anilines is 1. The number of amides is 1. The second kappa shape index (κ2) is 7.26. The van der Waals surface area contributed by atoms with E-state index in [1.165, 1.54) is 24.3 Å². The van der Waals surface area contributed by atoms with Crippen LogP contribution in [0.15, 0.2) is 42.5 Å². The molecular formula is C16H14INO4. The van der Waals surface area contributed by atoms with Crippen LogP contribution in [0.4, 0.5) is 5.69 Å². The van der Waals surface area contributed by atoms with Gasteiger partial charge in [0.25, 0.3) is 5.91 Å². The number of phenols is 1. The number of esters is 1. The Morgan fingerprint density at radius 3 is 2.68 bits per heavy atom. The first-order chi connectivity index (χ1) is 10.5. The van der Waals surface area contributed by atoms with Gasteiger partial charge in [0.2, 0.25) is 0 Å². The molecule has 0 bridgehead atoms. The van der Waals surface area contributed by atoms with Gasteiger partial charge in [0.15, 0.2) is 6.61 Å². The lowest BCUT2D eigenvalue weighted by atomic mass is 10.2. The second-order valence-electron chi connectivity index (χ2n) is 4.63. The molecule has 0 atom stereocenters. The van der Waals surface area contributed by atoms with Gasteiger partial charge in [-0.05, 0) is 71.5 Å². The van der Waals surface area contributed by atoms with Gasteiger partial charge in [-0.3, -0.25) is 4.79 Å². The summed E-state index contributed by atoms with van der Waals surface area (Å²) in [5.41, 5.74) is 1.80. The maximum absolute atomic E-state index is 11.8. The maximum Gasteiger partial charge on any atom is 0.338 e. The predicted molar refractivity (Wildman–Crippen MR) is 90.9 cm³/mol. The monoisotopic (exact) mass is 411 g/mol. The number of phenolic OH excluding ortho intramolecular Hbond substituents is 1. The Morgan fingerprint density at radius 1 is 1.23 bits per heavy atom. The molecule has 5 nitrogen and oxygen atoms in total. The summed E-state index contributed by atoms with van der Waals surface area (Å²) in [5, 5.41) is 12.0. The van der Waals surface area contributed by atoms with Crippen molar-refractivity contribution in [1.29, 1.82) is 0 Å². The van der Waals surface area contributed by atoms with Crippen LogP contribution in [0, 0.1) is 10.5 Å². The smallest absolute Gasteiger partial charge is 0.338 e. The van der Waals surface area contributed by atoms with Crippen LogP contribution < -0.4 is 5.32 Å². The molecule has 0 aliphatic heterocycles. The van der Waals surface area contributed by atoms with Gasteiger partial charge in [-0.25, -0.2) is 4.79 Å². The fourth-order valence-corrected chi connectivity index (χ4v) is 2.45. The highest BCUT2D eigenvalue weighted by Crippen LogP contribution is 2.17.